The predicted octanol–water partition coefficient (Wildman–Crippen LogP) is 4.17. The lowest BCUT2D eigenvalue weighted by Gasteiger charge is -2.01. The second-order valence-corrected chi connectivity index (χ2v) is 6.87. The van der Waals surface area contributed by atoms with E-state index in [1.807, 2.05) is 30.0 Å². The number of hydrogen-bond acceptors (Lipinski definition) is 5. The number of anilines is 1. The van der Waals surface area contributed by atoms with Crippen LogP contribution in [0.15, 0.2) is 18.2 Å². The molecule has 0 radical (unpaired) electrons. The highest BCUT2D eigenvalue weighted by molar-refractivity contribution is 7.99. The first-order valence-corrected chi connectivity index (χ1v) is 9.02. The number of nitrogens with one attached hydrogen (secondary N) is 1. The van der Waals surface area contributed by atoms with Gasteiger partial charge in [0.25, 0.3) is 0 Å². The number of hydrogen-bond donors (Lipinski definition) is 1. The monoisotopic (exact) mass is 324 g/mol. The van der Waals surface area contributed by atoms with Crippen LogP contribution in [0, 0.1) is 0 Å². The Kier molecular flexibility index (Phi) is 6.32. The third-order valence-electron chi connectivity index (χ3n) is 2.96. The molecule has 1 aromatic heterocycles. The quantitative estimate of drug-likeness (QED) is 0.741. The normalized spacial score (nSPS) is 10.8. The van der Waals surface area contributed by atoms with Crippen molar-refractivity contribution >= 4 is 44.4 Å². The van der Waals surface area contributed by atoms with Crippen molar-refractivity contribution in [1.29, 1.82) is 0 Å². The fourth-order valence-electron chi connectivity index (χ4n) is 1.78. The second kappa shape index (κ2) is 8.24. The highest BCUT2D eigenvalue weighted by Crippen LogP contribution is 2.29. The van der Waals surface area contributed by atoms with Crippen molar-refractivity contribution in [3.05, 3.63) is 18.2 Å². The Morgan fingerprint density at radius 1 is 1.43 bits per heavy atom. The molecular formula is C15H20N2O2S2. The van der Waals surface area contributed by atoms with Crippen LogP contribution >= 0.6 is 23.1 Å². The van der Waals surface area contributed by atoms with E-state index in [-0.39, 0.29) is 5.91 Å². The predicted molar refractivity (Wildman–Crippen MR) is 91.7 cm³/mol. The van der Waals surface area contributed by atoms with Gasteiger partial charge in [-0.15, -0.1) is 0 Å². The number of methoxy groups -OCH3 is 1. The fraction of sp³-hybridized carbons (Fsp3) is 0.467. The Hall–Kier alpha value is -1.27. The molecule has 1 heterocycles. The average Bonchev–Trinajstić information content (AvgIpc) is 2.87. The molecule has 0 saturated heterocycles. The number of benzene rings is 1. The molecule has 0 atom stereocenters. The third-order valence-corrected chi connectivity index (χ3v) is 4.96. The molecular weight excluding hydrogens is 304 g/mol. The van der Waals surface area contributed by atoms with Gasteiger partial charge < -0.3 is 10.1 Å². The summed E-state index contributed by atoms with van der Waals surface area (Å²) < 4.78 is 6.20. The van der Waals surface area contributed by atoms with Crippen LogP contribution in [0.3, 0.4) is 0 Å². The van der Waals surface area contributed by atoms with Crippen molar-refractivity contribution in [3.63, 3.8) is 0 Å². The number of rotatable bonds is 8. The van der Waals surface area contributed by atoms with Gasteiger partial charge in [-0.3, -0.25) is 4.79 Å². The van der Waals surface area contributed by atoms with Gasteiger partial charge in [0.1, 0.15) is 5.75 Å². The van der Waals surface area contributed by atoms with E-state index in [0.717, 1.165) is 27.5 Å². The molecule has 0 fully saturated rings. The van der Waals surface area contributed by atoms with E-state index in [1.165, 1.54) is 24.2 Å². The summed E-state index contributed by atoms with van der Waals surface area (Å²) in [5, 5.41) is 3.53. The number of unbranched alkanes of at least 4 members (excludes halogenated alkanes) is 1. The topological polar surface area (TPSA) is 51.2 Å². The van der Waals surface area contributed by atoms with Crippen molar-refractivity contribution in [3.8, 4) is 5.75 Å². The zero-order valence-electron chi connectivity index (χ0n) is 12.3. The molecule has 21 heavy (non-hydrogen) atoms. The number of carbonyl (C=O) groups is 1. The SMILES string of the molecule is CCCCSCCC(=O)Nc1nc2ccc(OC)cc2s1. The maximum Gasteiger partial charge on any atom is 0.226 e. The van der Waals surface area contributed by atoms with Gasteiger partial charge in [0.15, 0.2) is 5.13 Å². The molecule has 114 valence electrons. The maximum absolute atomic E-state index is 11.9. The van der Waals surface area contributed by atoms with Crippen LogP contribution in [0.5, 0.6) is 5.75 Å². The number of ether oxygens (including phenoxy) is 1. The standard InChI is InChI=1S/C15H20N2O2S2/c1-3-4-8-20-9-7-14(18)17-15-16-12-6-5-11(19-2)10-13(12)21-15/h5-6,10H,3-4,7-9H2,1-2H3,(H,16,17,18). The first-order valence-electron chi connectivity index (χ1n) is 7.05. The second-order valence-electron chi connectivity index (χ2n) is 4.62. The minimum absolute atomic E-state index is 0.0324. The summed E-state index contributed by atoms with van der Waals surface area (Å²) in [4.78, 5) is 16.3. The van der Waals surface area contributed by atoms with Crippen LogP contribution in [-0.2, 0) is 4.79 Å². The molecule has 1 aromatic carbocycles. The molecule has 2 rings (SSSR count). The molecule has 1 N–H and O–H groups in total. The Labute approximate surface area is 133 Å². The Bertz CT molecular complexity index is 598. The molecule has 0 aliphatic rings. The summed E-state index contributed by atoms with van der Waals surface area (Å²) >= 11 is 3.30. The number of nitrogens with zero attached hydrogens (tertiary/aromatic N) is 1. The van der Waals surface area contributed by atoms with Gasteiger partial charge in [-0.2, -0.15) is 11.8 Å². The first-order chi connectivity index (χ1) is 10.2. The Morgan fingerprint density at radius 2 is 2.29 bits per heavy atom. The number of carbonyl (C=O) groups excluding carboxylic acids is 1. The average molecular weight is 324 g/mol. The molecule has 0 unspecified atom stereocenters. The summed E-state index contributed by atoms with van der Waals surface area (Å²) in [7, 11) is 1.64. The van der Waals surface area contributed by atoms with Crippen LogP contribution in [-0.4, -0.2) is 29.5 Å². The zero-order valence-corrected chi connectivity index (χ0v) is 14.0. The van der Waals surface area contributed by atoms with Gasteiger partial charge in [0, 0.05) is 12.2 Å². The smallest absolute Gasteiger partial charge is 0.226 e. The summed E-state index contributed by atoms with van der Waals surface area (Å²) in [5.74, 6) is 2.83. The van der Waals surface area contributed by atoms with Crippen LogP contribution < -0.4 is 10.1 Å². The molecule has 1 amide bonds. The van der Waals surface area contributed by atoms with Gasteiger partial charge in [-0.05, 0) is 30.4 Å². The minimum Gasteiger partial charge on any atom is -0.497 e. The van der Waals surface area contributed by atoms with E-state index < -0.39 is 0 Å². The van der Waals surface area contributed by atoms with Gasteiger partial charge >= 0.3 is 0 Å². The van der Waals surface area contributed by atoms with Gasteiger partial charge in [-0.1, -0.05) is 24.7 Å². The highest BCUT2D eigenvalue weighted by Gasteiger charge is 2.08. The molecule has 2 aromatic rings. The molecule has 0 saturated carbocycles. The molecule has 0 aliphatic heterocycles. The number of thiazole rings is 1. The largest absolute Gasteiger partial charge is 0.497 e. The highest BCUT2D eigenvalue weighted by atomic mass is 32.2. The summed E-state index contributed by atoms with van der Waals surface area (Å²) in [6.07, 6.45) is 2.95. The summed E-state index contributed by atoms with van der Waals surface area (Å²) in [6.45, 7) is 2.18. The van der Waals surface area contributed by atoms with E-state index >= 15 is 0 Å². The van der Waals surface area contributed by atoms with E-state index in [2.05, 4.69) is 17.2 Å². The van der Waals surface area contributed by atoms with Crippen LogP contribution in [0.2, 0.25) is 0 Å². The minimum atomic E-state index is 0.0324. The van der Waals surface area contributed by atoms with Crippen LogP contribution in [0.4, 0.5) is 5.13 Å². The van der Waals surface area contributed by atoms with Gasteiger partial charge in [0.2, 0.25) is 5.91 Å². The first kappa shape index (κ1) is 16.1. The lowest BCUT2D eigenvalue weighted by Crippen LogP contribution is -2.11. The maximum atomic E-state index is 11.9. The van der Waals surface area contributed by atoms with E-state index in [4.69, 9.17) is 4.74 Å². The lowest BCUT2D eigenvalue weighted by atomic mass is 10.3. The number of fused-ring (bicyclic) bond motifs is 1. The number of thioether (sulfide) groups is 1. The molecule has 0 bridgehead atoms. The van der Waals surface area contributed by atoms with Crippen molar-refractivity contribution in [2.45, 2.75) is 26.2 Å². The van der Waals surface area contributed by atoms with Gasteiger partial charge in [0.05, 0.1) is 17.3 Å². The van der Waals surface area contributed by atoms with Crippen molar-refractivity contribution < 1.29 is 9.53 Å². The number of aromatic nitrogens is 1. The van der Waals surface area contributed by atoms with Crippen LogP contribution in [0.25, 0.3) is 10.2 Å². The van der Waals surface area contributed by atoms with Crippen LogP contribution in [0.1, 0.15) is 26.2 Å². The van der Waals surface area contributed by atoms with E-state index in [1.54, 1.807) is 7.11 Å². The Morgan fingerprint density at radius 3 is 3.05 bits per heavy atom. The van der Waals surface area contributed by atoms with Crippen molar-refractivity contribution in [1.82, 2.24) is 4.98 Å². The Balaban J connectivity index is 1.86. The van der Waals surface area contributed by atoms with E-state index in [0.29, 0.717) is 11.6 Å². The molecule has 0 spiro atoms. The summed E-state index contributed by atoms with van der Waals surface area (Å²) in [6, 6.07) is 5.71. The zero-order chi connectivity index (χ0) is 15.1. The van der Waals surface area contributed by atoms with Crippen molar-refractivity contribution in [2.24, 2.45) is 0 Å². The number of amides is 1. The van der Waals surface area contributed by atoms with Crippen molar-refractivity contribution in [2.75, 3.05) is 23.9 Å². The lowest BCUT2D eigenvalue weighted by molar-refractivity contribution is -0.115. The third kappa shape index (κ3) is 4.89. The molecule has 0 aliphatic carbocycles. The summed E-state index contributed by atoms with van der Waals surface area (Å²) in [5.41, 5.74) is 0.883. The molecule has 6 heteroatoms. The van der Waals surface area contributed by atoms with E-state index in [9.17, 15) is 4.79 Å². The van der Waals surface area contributed by atoms with Gasteiger partial charge in [-0.25, -0.2) is 4.98 Å². The molecule has 4 nitrogen and oxygen atoms in total. The fourth-order valence-corrected chi connectivity index (χ4v) is 3.72.